The fourth-order valence-corrected chi connectivity index (χ4v) is 3.51. The maximum Gasteiger partial charge on any atom is 0.227 e. The second kappa shape index (κ2) is 9.78. The summed E-state index contributed by atoms with van der Waals surface area (Å²) >= 11 is 5.34. The molecule has 0 spiro atoms. The third-order valence-electron chi connectivity index (χ3n) is 5.33. The van der Waals surface area contributed by atoms with Gasteiger partial charge in [0.2, 0.25) is 11.8 Å². The minimum Gasteiger partial charge on any atom is -0.497 e. The predicted molar refractivity (Wildman–Crippen MR) is 124 cm³/mol. The van der Waals surface area contributed by atoms with E-state index in [0.717, 1.165) is 35.4 Å². The average Bonchev–Trinajstić information content (AvgIpc) is 3.60. The third-order valence-corrected chi connectivity index (χ3v) is 5.64. The molecule has 4 rings (SSSR count). The van der Waals surface area contributed by atoms with E-state index in [1.165, 1.54) is 0 Å². The Labute approximate surface area is 191 Å². The second-order valence-corrected chi connectivity index (χ2v) is 8.11. The third kappa shape index (κ3) is 5.42. The van der Waals surface area contributed by atoms with Crippen molar-refractivity contribution >= 4 is 29.7 Å². The van der Waals surface area contributed by atoms with E-state index in [9.17, 15) is 9.59 Å². The van der Waals surface area contributed by atoms with Crippen LogP contribution in [0.1, 0.15) is 24.8 Å². The molecule has 2 aromatic carbocycles. The molecule has 0 saturated heterocycles. The smallest absolute Gasteiger partial charge is 0.227 e. The molecule has 166 valence electrons. The van der Waals surface area contributed by atoms with Crippen molar-refractivity contribution in [2.75, 3.05) is 12.4 Å². The number of carbonyl (C=O) groups is 2. The maximum atomic E-state index is 12.4. The lowest BCUT2D eigenvalue weighted by Crippen LogP contribution is -2.24. The van der Waals surface area contributed by atoms with Gasteiger partial charge in [0.05, 0.1) is 7.11 Å². The monoisotopic (exact) mass is 451 g/mol. The Kier molecular flexibility index (Phi) is 6.65. The molecule has 3 N–H and O–H groups in total. The van der Waals surface area contributed by atoms with Gasteiger partial charge in [-0.05, 0) is 67.0 Å². The number of nitrogens with one attached hydrogen (secondary N) is 3. The summed E-state index contributed by atoms with van der Waals surface area (Å²) in [7, 11) is 1.62. The summed E-state index contributed by atoms with van der Waals surface area (Å²) in [5.41, 5.74) is 2.62. The minimum absolute atomic E-state index is 0.0814. The van der Waals surface area contributed by atoms with Crippen molar-refractivity contribution < 1.29 is 14.3 Å². The van der Waals surface area contributed by atoms with Gasteiger partial charge < -0.3 is 15.4 Å². The molecule has 1 fully saturated rings. The molecule has 1 saturated carbocycles. The van der Waals surface area contributed by atoms with Crippen molar-refractivity contribution in [2.45, 2.75) is 32.4 Å². The topological polar surface area (TPSA) is 101 Å². The van der Waals surface area contributed by atoms with E-state index in [2.05, 4.69) is 20.8 Å². The molecule has 0 bridgehead atoms. The Balaban J connectivity index is 1.29. The molecule has 1 aliphatic rings. The lowest BCUT2D eigenvalue weighted by atomic mass is 10.2. The van der Waals surface area contributed by atoms with Crippen LogP contribution in [-0.4, -0.2) is 33.7 Å². The molecule has 9 heteroatoms. The highest BCUT2D eigenvalue weighted by Crippen LogP contribution is 2.30. The molecule has 1 heterocycles. The standard InChI is InChI=1S/C23H25N5O3S/c1-31-19-10-6-16(7-11-19)21-26-27-23(32)28(21)13-12-20(29)24-14-15-2-8-18(9-3-15)25-22(30)17-4-5-17/h2-3,6-11,17H,4-5,12-14H2,1H3,(H,24,29)(H,25,30)(H,27,32). The van der Waals surface area contributed by atoms with Crippen LogP contribution in [0.5, 0.6) is 5.75 Å². The summed E-state index contributed by atoms with van der Waals surface area (Å²) in [6.07, 6.45) is 2.22. The number of aromatic nitrogens is 3. The highest BCUT2D eigenvalue weighted by molar-refractivity contribution is 7.71. The first-order valence-electron chi connectivity index (χ1n) is 10.5. The molecule has 0 aliphatic heterocycles. The summed E-state index contributed by atoms with van der Waals surface area (Å²) in [6, 6.07) is 15.0. The molecule has 3 aromatic rings. The number of amides is 2. The molecule has 1 aliphatic carbocycles. The fourth-order valence-electron chi connectivity index (χ4n) is 3.28. The van der Waals surface area contributed by atoms with Crippen LogP contribution in [0.2, 0.25) is 0 Å². The van der Waals surface area contributed by atoms with Crippen LogP contribution in [0.25, 0.3) is 11.4 Å². The van der Waals surface area contributed by atoms with Gasteiger partial charge >= 0.3 is 0 Å². The summed E-state index contributed by atoms with van der Waals surface area (Å²) in [6.45, 7) is 0.826. The molecule has 0 radical (unpaired) electrons. The summed E-state index contributed by atoms with van der Waals surface area (Å²) in [5.74, 6) is 1.60. The van der Waals surface area contributed by atoms with E-state index in [1.54, 1.807) is 7.11 Å². The lowest BCUT2D eigenvalue weighted by Gasteiger charge is -2.09. The van der Waals surface area contributed by atoms with E-state index in [0.29, 0.717) is 23.7 Å². The highest BCUT2D eigenvalue weighted by atomic mass is 32.1. The first-order valence-corrected chi connectivity index (χ1v) is 10.9. The van der Waals surface area contributed by atoms with Crippen molar-refractivity contribution in [2.24, 2.45) is 5.92 Å². The molecule has 8 nitrogen and oxygen atoms in total. The van der Waals surface area contributed by atoms with Crippen LogP contribution in [0.3, 0.4) is 0 Å². The highest BCUT2D eigenvalue weighted by Gasteiger charge is 2.29. The van der Waals surface area contributed by atoms with Crippen LogP contribution in [0.4, 0.5) is 5.69 Å². The molecular weight excluding hydrogens is 426 g/mol. The molecule has 0 unspecified atom stereocenters. The number of rotatable bonds is 9. The first kappa shape index (κ1) is 21.8. The van der Waals surface area contributed by atoms with Crippen LogP contribution in [0.15, 0.2) is 48.5 Å². The van der Waals surface area contributed by atoms with E-state index >= 15 is 0 Å². The zero-order valence-electron chi connectivity index (χ0n) is 17.8. The molecule has 2 amide bonds. The van der Waals surface area contributed by atoms with Crippen molar-refractivity contribution in [1.29, 1.82) is 0 Å². The van der Waals surface area contributed by atoms with Gasteiger partial charge in [0.1, 0.15) is 5.75 Å². The first-order chi connectivity index (χ1) is 15.5. The molecule has 0 atom stereocenters. The van der Waals surface area contributed by atoms with E-state index < -0.39 is 0 Å². The van der Waals surface area contributed by atoms with Gasteiger partial charge in [0.25, 0.3) is 0 Å². The largest absolute Gasteiger partial charge is 0.497 e. The number of anilines is 1. The van der Waals surface area contributed by atoms with Crippen LogP contribution >= 0.6 is 12.2 Å². The van der Waals surface area contributed by atoms with Crippen molar-refractivity contribution in [1.82, 2.24) is 20.1 Å². The molecular formula is C23H25N5O3S. The van der Waals surface area contributed by atoms with Crippen LogP contribution in [0, 0.1) is 10.7 Å². The Morgan fingerprint density at radius 1 is 1.16 bits per heavy atom. The quantitative estimate of drug-likeness (QED) is 0.431. The lowest BCUT2D eigenvalue weighted by molar-refractivity contribution is -0.121. The number of methoxy groups -OCH3 is 1. The van der Waals surface area contributed by atoms with Gasteiger partial charge in [-0.15, -0.1) is 0 Å². The average molecular weight is 452 g/mol. The van der Waals surface area contributed by atoms with Crippen molar-refractivity contribution in [3.05, 3.63) is 58.9 Å². The maximum absolute atomic E-state index is 12.4. The van der Waals surface area contributed by atoms with Crippen molar-refractivity contribution in [3.63, 3.8) is 0 Å². The summed E-state index contributed by atoms with van der Waals surface area (Å²) in [4.78, 5) is 24.2. The van der Waals surface area contributed by atoms with Crippen LogP contribution < -0.4 is 15.4 Å². The van der Waals surface area contributed by atoms with Gasteiger partial charge in [-0.25, -0.2) is 0 Å². The van der Waals surface area contributed by atoms with Gasteiger partial charge in [0.15, 0.2) is 10.6 Å². The molecule has 1 aromatic heterocycles. The van der Waals surface area contributed by atoms with Crippen molar-refractivity contribution in [3.8, 4) is 17.1 Å². The number of nitrogens with zero attached hydrogens (tertiary/aromatic N) is 2. The zero-order valence-corrected chi connectivity index (χ0v) is 18.6. The van der Waals surface area contributed by atoms with Gasteiger partial charge in [-0.1, -0.05) is 12.1 Å². The summed E-state index contributed by atoms with van der Waals surface area (Å²) < 4.78 is 7.47. The summed E-state index contributed by atoms with van der Waals surface area (Å²) in [5, 5.41) is 12.9. The number of hydrogen-bond donors (Lipinski definition) is 3. The Hall–Kier alpha value is -3.46. The molecule has 32 heavy (non-hydrogen) atoms. The Bertz CT molecular complexity index is 1150. The van der Waals surface area contributed by atoms with E-state index in [4.69, 9.17) is 17.0 Å². The number of H-pyrrole nitrogens is 1. The second-order valence-electron chi connectivity index (χ2n) is 7.72. The number of hydrogen-bond acceptors (Lipinski definition) is 5. The van der Waals surface area contributed by atoms with Crippen LogP contribution in [-0.2, 0) is 22.7 Å². The number of carbonyl (C=O) groups excluding carboxylic acids is 2. The zero-order chi connectivity index (χ0) is 22.5. The van der Waals surface area contributed by atoms with Gasteiger partial charge in [-0.3, -0.25) is 19.3 Å². The number of aromatic amines is 1. The fraction of sp³-hybridized carbons (Fsp3) is 0.304. The Morgan fingerprint density at radius 2 is 1.88 bits per heavy atom. The van der Waals surface area contributed by atoms with E-state index in [1.807, 2.05) is 53.1 Å². The SMILES string of the molecule is COc1ccc(-c2n[nH]c(=S)n2CCC(=O)NCc2ccc(NC(=O)C3CC3)cc2)cc1. The van der Waals surface area contributed by atoms with Gasteiger partial charge in [-0.2, -0.15) is 5.10 Å². The van der Waals surface area contributed by atoms with E-state index in [-0.39, 0.29) is 24.2 Å². The Morgan fingerprint density at radius 3 is 2.53 bits per heavy atom. The number of benzene rings is 2. The minimum atomic E-state index is -0.0834. The number of ether oxygens (including phenoxy) is 1. The predicted octanol–water partition coefficient (Wildman–Crippen LogP) is 3.67. The van der Waals surface area contributed by atoms with Gasteiger partial charge in [0, 0.05) is 36.7 Å². The normalized spacial score (nSPS) is 12.9.